The first-order valence-electron chi connectivity index (χ1n) is 5.95. The Morgan fingerprint density at radius 2 is 1.94 bits per heavy atom. The Labute approximate surface area is 101 Å². The van der Waals surface area contributed by atoms with Crippen LogP contribution in [-0.4, -0.2) is 25.9 Å². The van der Waals surface area contributed by atoms with Crippen molar-refractivity contribution in [2.75, 3.05) is 19.7 Å². The SMILES string of the molecule is O=C(OCC1CCNCC1)Oc1ccccc1. The Hall–Kier alpha value is -1.55. The molecule has 1 aliphatic rings. The molecule has 0 aliphatic carbocycles. The molecule has 0 bridgehead atoms. The molecule has 17 heavy (non-hydrogen) atoms. The number of rotatable bonds is 3. The second kappa shape index (κ2) is 6.25. The minimum absolute atomic E-state index is 0.452. The summed E-state index contributed by atoms with van der Waals surface area (Å²) in [6.07, 6.45) is 1.49. The van der Waals surface area contributed by atoms with Crippen LogP contribution in [-0.2, 0) is 4.74 Å². The van der Waals surface area contributed by atoms with Gasteiger partial charge in [0.05, 0.1) is 6.61 Å². The van der Waals surface area contributed by atoms with Crippen molar-refractivity contribution in [1.82, 2.24) is 5.32 Å². The van der Waals surface area contributed by atoms with Gasteiger partial charge in [0.2, 0.25) is 0 Å². The Kier molecular flexibility index (Phi) is 4.38. The van der Waals surface area contributed by atoms with Gasteiger partial charge in [-0.2, -0.15) is 0 Å². The lowest BCUT2D eigenvalue weighted by Crippen LogP contribution is -2.30. The van der Waals surface area contributed by atoms with Gasteiger partial charge in [-0.05, 0) is 44.0 Å². The van der Waals surface area contributed by atoms with Crippen LogP contribution in [0.5, 0.6) is 5.75 Å². The van der Waals surface area contributed by atoms with E-state index in [1.165, 1.54) is 0 Å². The molecule has 4 heteroatoms. The molecular formula is C13H17NO3. The predicted molar refractivity (Wildman–Crippen MR) is 64.0 cm³/mol. The fourth-order valence-corrected chi connectivity index (χ4v) is 1.85. The molecule has 0 saturated carbocycles. The van der Waals surface area contributed by atoms with E-state index >= 15 is 0 Å². The molecule has 0 aromatic heterocycles. The molecule has 4 nitrogen and oxygen atoms in total. The van der Waals surface area contributed by atoms with E-state index in [1.54, 1.807) is 12.1 Å². The third-order valence-corrected chi connectivity index (χ3v) is 2.84. The number of carbonyl (C=O) groups is 1. The summed E-state index contributed by atoms with van der Waals surface area (Å²) >= 11 is 0. The lowest BCUT2D eigenvalue weighted by atomic mass is 9.99. The summed E-state index contributed by atoms with van der Waals surface area (Å²) < 4.78 is 10.1. The molecule has 1 aromatic carbocycles. The monoisotopic (exact) mass is 235 g/mol. The van der Waals surface area contributed by atoms with Crippen molar-refractivity contribution < 1.29 is 14.3 Å². The van der Waals surface area contributed by atoms with Crippen LogP contribution >= 0.6 is 0 Å². The highest BCUT2D eigenvalue weighted by atomic mass is 16.7. The number of carbonyl (C=O) groups excluding carboxylic acids is 1. The Morgan fingerprint density at radius 3 is 2.65 bits per heavy atom. The standard InChI is InChI=1S/C13H17NO3/c15-13(17-12-4-2-1-3-5-12)16-10-11-6-8-14-9-7-11/h1-5,11,14H,6-10H2. The van der Waals surface area contributed by atoms with Crippen LogP contribution in [0, 0.1) is 5.92 Å². The second-order valence-corrected chi connectivity index (χ2v) is 4.17. The van der Waals surface area contributed by atoms with Crippen molar-refractivity contribution in [3.8, 4) is 5.75 Å². The average molecular weight is 235 g/mol. The lowest BCUT2D eigenvalue weighted by molar-refractivity contribution is 0.0781. The molecule has 1 fully saturated rings. The van der Waals surface area contributed by atoms with E-state index in [9.17, 15) is 4.79 Å². The van der Waals surface area contributed by atoms with Gasteiger partial charge in [0.1, 0.15) is 5.75 Å². The first-order chi connectivity index (χ1) is 8.34. The van der Waals surface area contributed by atoms with Crippen LogP contribution in [0.2, 0.25) is 0 Å². The molecule has 2 rings (SSSR count). The smallest absolute Gasteiger partial charge is 0.434 e. The van der Waals surface area contributed by atoms with Gasteiger partial charge in [-0.25, -0.2) is 4.79 Å². The van der Waals surface area contributed by atoms with Crippen LogP contribution in [0.1, 0.15) is 12.8 Å². The molecular weight excluding hydrogens is 218 g/mol. The van der Waals surface area contributed by atoms with Gasteiger partial charge in [0.25, 0.3) is 0 Å². The quantitative estimate of drug-likeness (QED) is 0.644. The molecule has 1 N–H and O–H groups in total. The number of benzene rings is 1. The summed E-state index contributed by atoms with van der Waals surface area (Å²) in [5, 5.41) is 3.27. The molecule has 1 aliphatic heterocycles. The highest BCUT2D eigenvalue weighted by Gasteiger charge is 2.15. The molecule has 0 spiro atoms. The highest BCUT2D eigenvalue weighted by molar-refractivity contribution is 5.63. The number of hydrogen-bond donors (Lipinski definition) is 1. The van der Waals surface area contributed by atoms with Gasteiger partial charge in [0.15, 0.2) is 0 Å². The van der Waals surface area contributed by atoms with E-state index < -0.39 is 6.16 Å². The fourth-order valence-electron chi connectivity index (χ4n) is 1.85. The van der Waals surface area contributed by atoms with Gasteiger partial charge in [-0.1, -0.05) is 18.2 Å². The molecule has 1 heterocycles. The zero-order valence-corrected chi connectivity index (χ0v) is 9.72. The topological polar surface area (TPSA) is 47.6 Å². The molecule has 0 unspecified atom stereocenters. The molecule has 1 aromatic rings. The van der Waals surface area contributed by atoms with Crippen LogP contribution in [0.4, 0.5) is 4.79 Å². The zero-order valence-electron chi connectivity index (χ0n) is 9.72. The summed E-state index contributed by atoms with van der Waals surface area (Å²) in [5.41, 5.74) is 0. The second-order valence-electron chi connectivity index (χ2n) is 4.17. The van der Waals surface area contributed by atoms with Crippen molar-refractivity contribution >= 4 is 6.16 Å². The molecule has 92 valence electrons. The van der Waals surface area contributed by atoms with Crippen molar-refractivity contribution in [3.05, 3.63) is 30.3 Å². The van der Waals surface area contributed by atoms with Gasteiger partial charge in [0, 0.05) is 0 Å². The van der Waals surface area contributed by atoms with E-state index in [0.717, 1.165) is 25.9 Å². The lowest BCUT2D eigenvalue weighted by Gasteiger charge is -2.21. The number of piperidine rings is 1. The van der Waals surface area contributed by atoms with E-state index in [2.05, 4.69) is 5.32 Å². The summed E-state index contributed by atoms with van der Waals surface area (Å²) in [7, 11) is 0. The summed E-state index contributed by atoms with van der Waals surface area (Å²) in [6.45, 7) is 2.46. The zero-order chi connectivity index (χ0) is 11.9. The number of hydrogen-bond acceptors (Lipinski definition) is 4. The summed E-state index contributed by atoms with van der Waals surface area (Å²) in [6, 6.07) is 8.95. The van der Waals surface area contributed by atoms with Gasteiger partial charge < -0.3 is 14.8 Å². The van der Waals surface area contributed by atoms with Crippen molar-refractivity contribution in [2.24, 2.45) is 5.92 Å². The third-order valence-electron chi connectivity index (χ3n) is 2.84. The number of nitrogens with one attached hydrogen (secondary N) is 1. The molecule has 1 saturated heterocycles. The Balaban J connectivity index is 1.70. The van der Waals surface area contributed by atoms with E-state index in [4.69, 9.17) is 9.47 Å². The minimum Gasteiger partial charge on any atom is -0.434 e. The molecule has 0 atom stereocenters. The maximum Gasteiger partial charge on any atom is 0.513 e. The highest BCUT2D eigenvalue weighted by Crippen LogP contribution is 2.13. The maximum atomic E-state index is 11.4. The van der Waals surface area contributed by atoms with Crippen LogP contribution in [0.3, 0.4) is 0 Å². The van der Waals surface area contributed by atoms with E-state index in [-0.39, 0.29) is 0 Å². The maximum absolute atomic E-state index is 11.4. The van der Waals surface area contributed by atoms with Crippen molar-refractivity contribution in [3.63, 3.8) is 0 Å². The first-order valence-corrected chi connectivity index (χ1v) is 5.95. The number of para-hydroxylation sites is 1. The average Bonchev–Trinajstić information content (AvgIpc) is 2.39. The fraction of sp³-hybridized carbons (Fsp3) is 0.462. The molecule has 0 radical (unpaired) electrons. The first kappa shape index (κ1) is 11.9. The van der Waals surface area contributed by atoms with Crippen LogP contribution in [0.15, 0.2) is 30.3 Å². The Morgan fingerprint density at radius 1 is 1.24 bits per heavy atom. The van der Waals surface area contributed by atoms with Crippen LogP contribution in [0.25, 0.3) is 0 Å². The number of ether oxygens (including phenoxy) is 2. The van der Waals surface area contributed by atoms with Gasteiger partial charge >= 0.3 is 6.16 Å². The van der Waals surface area contributed by atoms with Crippen molar-refractivity contribution in [1.29, 1.82) is 0 Å². The molecule has 0 amide bonds. The Bertz CT molecular complexity index is 347. The van der Waals surface area contributed by atoms with Gasteiger partial charge in [-0.15, -0.1) is 0 Å². The third kappa shape index (κ3) is 4.07. The summed E-state index contributed by atoms with van der Waals surface area (Å²) in [4.78, 5) is 11.4. The summed E-state index contributed by atoms with van der Waals surface area (Å²) in [5.74, 6) is 0.974. The predicted octanol–water partition coefficient (Wildman–Crippen LogP) is 2.20. The largest absolute Gasteiger partial charge is 0.513 e. The van der Waals surface area contributed by atoms with Crippen LogP contribution < -0.4 is 10.1 Å². The van der Waals surface area contributed by atoms with Gasteiger partial charge in [-0.3, -0.25) is 0 Å². The minimum atomic E-state index is -0.616. The van der Waals surface area contributed by atoms with E-state index in [1.807, 2.05) is 18.2 Å². The van der Waals surface area contributed by atoms with E-state index in [0.29, 0.717) is 18.3 Å². The van der Waals surface area contributed by atoms with Crippen molar-refractivity contribution in [2.45, 2.75) is 12.8 Å². The normalized spacial score (nSPS) is 16.5.